The van der Waals surface area contributed by atoms with Crippen LogP contribution in [0.3, 0.4) is 0 Å². The molecule has 0 bridgehead atoms. The third-order valence-corrected chi connectivity index (χ3v) is 7.93. The van der Waals surface area contributed by atoms with E-state index >= 15 is 0 Å². The molecule has 4 N–H and O–H groups in total. The number of nitrogens with two attached hydrogens (primary N) is 1. The van der Waals surface area contributed by atoms with Crippen molar-refractivity contribution in [3.63, 3.8) is 0 Å². The molecule has 1 aromatic heterocycles. The lowest BCUT2D eigenvalue weighted by Gasteiger charge is -2.23. The predicted molar refractivity (Wildman–Crippen MR) is 152 cm³/mol. The number of carbonyl (C=O) groups excluding carboxylic acids is 3. The molecule has 216 valence electrons. The van der Waals surface area contributed by atoms with Crippen LogP contribution in [-0.2, 0) is 20.7 Å². The fourth-order valence-corrected chi connectivity index (χ4v) is 5.85. The van der Waals surface area contributed by atoms with E-state index in [1.807, 2.05) is 24.3 Å². The minimum Gasteiger partial charge on any atom is -0.449 e. The maximum Gasteiger partial charge on any atom is 0.407 e. The molecule has 2 aliphatic rings. The minimum atomic E-state index is -0.567. The average molecular weight is 560 g/mol. The van der Waals surface area contributed by atoms with Crippen molar-refractivity contribution in [1.29, 1.82) is 0 Å². The lowest BCUT2D eigenvalue weighted by Crippen LogP contribution is -2.35. The number of aromatic nitrogens is 2. The molecule has 0 aliphatic heterocycles. The minimum absolute atomic E-state index is 0.00976. The van der Waals surface area contributed by atoms with Gasteiger partial charge in [-0.1, -0.05) is 67.8 Å². The van der Waals surface area contributed by atoms with E-state index in [0.717, 1.165) is 32.1 Å². The van der Waals surface area contributed by atoms with Gasteiger partial charge in [0.1, 0.15) is 19.1 Å². The fraction of sp³-hybridized carbons (Fsp3) is 0.452. The molecule has 1 saturated carbocycles. The van der Waals surface area contributed by atoms with Gasteiger partial charge in [0.05, 0.1) is 0 Å². The van der Waals surface area contributed by atoms with Gasteiger partial charge in [-0.15, -0.1) is 10.2 Å². The zero-order valence-corrected chi connectivity index (χ0v) is 23.1. The van der Waals surface area contributed by atoms with Gasteiger partial charge in [-0.2, -0.15) is 0 Å². The molecule has 2 aliphatic carbocycles. The first kappa shape index (κ1) is 28.3. The third kappa shape index (κ3) is 7.11. The second-order valence-corrected chi connectivity index (χ2v) is 10.8. The van der Waals surface area contributed by atoms with Crippen LogP contribution < -0.4 is 16.4 Å². The SMILES string of the molecule is NC(=O)Cc1nnc([C@H](CCCCNC(=O)OCC2c3ccccc3-c3ccccc32)NC(=O)C2CCCCC2)o1. The molecule has 0 spiro atoms. The van der Waals surface area contributed by atoms with Gasteiger partial charge in [-0.3, -0.25) is 9.59 Å². The van der Waals surface area contributed by atoms with Crippen LogP contribution in [0.4, 0.5) is 4.79 Å². The van der Waals surface area contributed by atoms with Crippen LogP contribution in [-0.4, -0.2) is 41.3 Å². The van der Waals surface area contributed by atoms with Crippen molar-refractivity contribution in [3.8, 4) is 11.1 Å². The monoisotopic (exact) mass is 559 g/mol. The number of hydrogen-bond donors (Lipinski definition) is 3. The molecule has 0 radical (unpaired) electrons. The Morgan fingerprint density at radius 3 is 2.32 bits per heavy atom. The Bertz CT molecular complexity index is 1320. The van der Waals surface area contributed by atoms with E-state index in [-0.39, 0.29) is 42.6 Å². The molecule has 5 rings (SSSR count). The highest BCUT2D eigenvalue weighted by Gasteiger charge is 2.29. The van der Waals surface area contributed by atoms with Gasteiger partial charge < -0.3 is 25.5 Å². The number of rotatable bonds is 12. The third-order valence-electron chi connectivity index (χ3n) is 7.93. The Kier molecular flexibility index (Phi) is 9.28. The van der Waals surface area contributed by atoms with E-state index in [9.17, 15) is 14.4 Å². The lowest BCUT2D eigenvalue weighted by atomic mass is 9.88. The molecule has 10 nitrogen and oxygen atoms in total. The van der Waals surface area contributed by atoms with Gasteiger partial charge in [0.25, 0.3) is 0 Å². The maximum absolute atomic E-state index is 12.9. The summed E-state index contributed by atoms with van der Waals surface area (Å²) in [6, 6.07) is 16.0. The number of nitrogens with zero attached hydrogens (tertiary/aromatic N) is 2. The van der Waals surface area contributed by atoms with Crippen LogP contribution in [0.2, 0.25) is 0 Å². The standard InChI is InChI=1S/C31H37N5O5/c32-27(37)18-28-35-36-30(41-28)26(34-29(38)20-10-2-1-3-11-20)16-8-9-17-33-31(39)40-19-25-23-14-6-4-12-21(23)22-13-5-7-15-24(22)25/h4-7,12-15,20,25-26H,1-3,8-11,16-19H2,(H2,32,37)(H,33,39)(H,34,38)/t26-/m0/s1. The Morgan fingerprint density at radius 1 is 0.951 bits per heavy atom. The van der Waals surface area contributed by atoms with Gasteiger partial charge in [-0.25, -0.2) is 4.79 Å². The van der Waals surface area contributed by atoms with Crippen LogP contribution in [0.5, 0.6) is 0 Å². The van der Waals surface area contributed by atoms with E-state index in [2.05, 4.69) is 45.1 Å². The predicted octanol–water partition coefficient (Wildman–Crippen LogP) is 4.54. The van der Waals surface area contributed by atoms with Crippen molar-refractivity contribution in [2.75, 3.05) is 13.2 Å². The van der Waals surface area contributed by atoms with Crippen LogP contribution in [0.15, 0.2) is 52.9 Å². The topological polar surface area (TPSA) is 149 Å². The van der Waals surface area contributed by atoms with Crippen molar-refractivity contribution >= 4 is 17.9 Å². The zero-order valence-electron chi connectivity index (χ0n) is 23.1. The molecule has 41 heavy (non-hydrogen) atoms. The van der Waals surface area contributed by atoms with Crippen molar-refractivity contribution in [1.82, 2.24) is 20.8 Å². The molecule has 0 unspecified atom stereocenters. The Hall–Kier alpha value is -4.21. The second-order valence-electron chi connectivity index (χ2n) is 10.8. The number of primary amides is 1. The van der Waals surface area contributed by atoms with E-state index in [1.54, 1.807) is 0 Å². The van der Waals surface area contributed by atoms with Gasteiger partial charge in [0, 0.05) is 18.4 Å². The number of fused-ring (bicyclic) bond motifs is 3. The summed E-state index contributed by atoms with van der Waals surface area (Å²) in [5.41, 5.74) is 9.95. The van der Waals surface area contributed by atoms with Crippen molar-refractivity contribution in [2.24, 2.45) is 11.7 Å². The zero-order chi connectivity index (χ0) is 28.6. The van der Waals surface area contributed by atoms with Gasteiger partial charge in [0.15, 0.2) is 0 Å². The highest BCUT2D eigenvalue weighted by Crippen LogP contribution is 2.44. The summed E-state index contributed by atoms with van der Waals surface area (Å²) in [5.74, 6) is -0.204. The van der Waals surface area contributed by atoms with Crippen molar-refractivity contribution < 1.29 is 23.5 Å². The molecule has 3 aromatic rings. The highest BCUT2D eigenvalue weighted by molar-refractivity contribution is 5.80. The number of alkyl carbamates (subject to hydrolysis) is 1. The van der Waals surface area contributed by atoms with Crippen molar-refractivity contribution in [3.05, 3.63) is 71.4 Å². The van der Waals surface area contributed by atoms with Crippen molar-refractivity contribution in [2.45, 2.75) is 69.7 Å². The molecule has 3 amide bonds. The Balaban J connectivity index is 1.10. The van der Waals surface area contributed by atoms with E-state index in [1.165, 1.54) is 22.3 Å². The molecule has 2 aromatic carbocycles. The fourth-order valence-electron chi connectivity index (χ4n) is 5.85. The maximum atomic E-state index is 12.9. The molecular formula is C31H37N5O5. The number of amides is 3. The number of hydrogen-bond acceptors (Lipinski definition) is 7. The first-order chi connectivity index (χ1) is 20.0. The van der Waals surface area contributed by atoms with Gasteiger partial charge in [0.2, 0.25) is 23.6 Å². The quantitative estimate of drug-likeness (QED) is 0.276. The summed E-state index contributed by atoms with van der Waals surface area (Å²) >= 11 is 0. The normalized spacial score (nSPS) is 15.5. The van der Waals surface area contributed by atoms with E-state index in [4.69, 9.17) is 14.9 Å². The Morgan fingerprint density at radius 2 is 1.63 bits per heavy atom. The summed E-state index contributed by atoms with van der Waals surface area (Å²) in [7, 11) is 0. The van der Waals surface area contributed by atoms with Crippen LogP contribution in [0.1, 0.15) is 86.2 Å². The molecule has 1 atom stereocenters. The molecular weight excluding hydrogens is 522 g/mol. The van der Waals surface area contributed by atoms with Crippen LogP contribution in [0.25, 0.3) is 11.1 Å². The smallest absolute Gasteiger partial charge is 0.407 e. The van der Waals surface area contributed by atoms with Gasteiger partial charge >= 0.3 is 6.09 Å². The number of carbonyl (C=O) groups is 3. The Labute approximate surface area is 239 Å². The van der Waals surface area contributed by atoms with E-state index in [0.29, 0.717) is 25.8 Å². The lowest BCUT2D eigenvalue weighted by molar-refractivity contribution is -0.127. The van der Waals surface area contributed by atoms with Crippen LogP contribution in [0, 0.1) is 5.92 Å². The summed E-state index contributed by atoms with van der Waals surface area (Å²) in [6.45, 7) is 0.691. The summed E-state index contributed by atoms with van der Waals surface area (Å²) in [6.07, 6.45) is 6.30. The largest absolute Gasteiger partial charge is 0.449 e. The molecule has 1 heterocycles. The second kappa shape index (κ2) is 13.4. The average Bonchev–Trinajstić information content (AvgIpc) is 3.57. The van der Waals surface area contributed by atoms with E-state index < -0.39 is 18.0 Å². The summed E-state index contributed by atoms with van der Waals surface area (Å²) in [4.78, 5) is 36.7. The number of benzene rings is 2. The molecule has 10 heteroatoms. The number of nitrogens with one attached hydrogen (secondary N) is 2. The first-order valence-corrected chi connectivity index (χ1v) is 14.5. The summed E-state index contributed by atoms with van der Waals surface area (Å²) in [5, 5.41) is 13.9. The number of ether oxygens (including phenoxy) is 1. The number of unbranched alkanes of at least 4 members (excludes halogenated alkanes) is 1. The first-order valence-electron chi connectivity index (χ1n) is 14.5. The van der Waals surface area contributed by atoms with Gasteiger partial charge in [-0.05, 0) is 54.4 Å². The summed E-state index contributed by atoms with van der Waals surface area (Å²) < 4.78 is 11.3. The highest BCUT2D eigenvalue weighted by atomic mass is 16.5. The molecule has 0 saturated heterocycles. The van der Waals surface area contributed by atoms with Crippen LogP contribution >= 0.6 is 0 Å². The molecule has 1 fully saturated rings.